The second kappa shape index (κ2) is 6.16. The van der Waals surface area contributed by atoms with Crippen LogP contribution in [0, 0.1) is 10.1 Å². The molecule has 0 bridgehead atoms. The summed E-state index contributed by atoms with van der Waals surface area (Å²) in [7, 11) is 0. The second-order valence-electron chi connectivity index (χ2n) is 3.75. The number of nitrogens with one attached hydrogen (secondary N) is 1. The molecule has 0 saturated carbocycles. The van der Waals surface area contributed by atoms with Gasteiger partial charge in [-0.2, -0.15) is 0 Å². The summed E-state index contributed by atoms with van der Waals surface area (Å²) in [4.78, 5) is 21.9. The van der Waals surface area contributed by atoms with Crippen LogP contribution in [0.1, 0.15) is 0 Å². The smallest absolute Gasteiger partial charge is 0.410 e. The number of benzene rings is 2. The first-order chi connectivity index (χ1) is 9.56. The van der Waals surface area contributed by atoms with Crippen LogP contribution in [0.25, 0.3) is 0 Å². The maximum absolute atomic E-state index is 11.6. The summed E-state index contributed by atoms with van der Waals surface area (Å²) in [6.45, 7) is 0. The topological polar surface area (TPSA) is 81.5 Å². The van der Waals surface area contributed by atoms with Crippen molar-refractivity contribution in [3.05, 3.63) is 63.1 Å². The number of carbonyl (C=O) groups excluding carboxylic acids is 1. The van der Waals surface area contributed by atoms with Crippen LogP contribution in [-0.4, -0.2) is 11.0 Å². The third-order valence-electron chi connectivity index (χ3n) is 2.34. The van der Waals surface area contributed by atoms with E-state index in [1.165, 1.54) is 18.2 Å². The summed E-state index contributed by atoms with van der Waals surface area (Å²) in [6.07, 6.45) is -0.715. The lowest BCUT2D eigenvalue weighted by molar-refractivity contribution is -0.385. The number of nitro groups is 1. The number of nitro benzene ring substituents is 1. The zero-order valence-electron chi connectivity index (χ0n) is 10.1. The highest BCUT2D eigenvalue weighted by Gasteiger charge is 2.14. The predicted molar refractivity (Wildman–Crippen MR) is 76.9 cm³/mol. The average molecular weight is 337 g/mol. The monoisotopic (exact) mass is 336 g/mol. The van der Waals surface area contributed by atoms with Crippen LogP contribution in [0.5, 0.6) is 5.75 Å². The van der Waals surface area contributed by atoms with E-state index in [4.69, 9.17) is 4.74 Å². The molecule has 102 valence electrons. The summed E-state index contributed by atoms with van der Waals surface area (Å²) in [5, 5.41) is 13.2. The Morgan fingerprint density at radius 3 is 2.55 bits per heavy atom. The van der Waals surface area contributed by atoms with Gasteiger partial charge in [-0.3, -0.25) is 15.4 Å². The Kier molecular flexibility index (Phi) is 4.31. The van der Waals surface area contributed by atoms with Crippen LogP contribution >= 0.6 is 15.9 Å². The SMILES string of the molecule is O=C(Nc1ccc(Br)c([N+](=O)[O-])c1)Oc1ccccc1. The van der Waals surface area contributed by atoms with Crippen molar-refractivity contribution in [3.8, 4) is 5.75 Å². The number of para-hydroxylation sites is 1. The summed E-state index contributed by atoms with van der Waals surface area (Å²) in [5.74, 6) is 0.386. The minimum absolute atomic E-state index is 0.137. The number of hydrogen-bond donors (Lipinski definition) is 1. The van der Waals surface area contributed by atoms with Gasteiger partial charge in [0.05, 0.1) is 15.1 Å². The Balaban J connectivity index is 2.08. The van der Waals surface area contributed by atoms with Gasteiger partial charge in [0.2, 0.25) is 0 Å². The first-order valence-corrected chi connectivity index (χ1v) is 6.33. The highest BCUT2D eigenvalue weighted by atomic mass is 79.9. The van der Waals surface area contributed by atoms with Crippen molar-refractivity contribution >= 4 is 33.4 Å². The maximum Gasteiger partial charge on any atom is 0.417 e. The van der Waals surface area contributed by atoms with E-state index in [0.717, 1.165) is 0 Å². The van der Waals surface area contributed by atoms with Crippen LogP contribution in [0.3, 0.4) is 0 Å². The number of carbonyl (C=O) groups is 1. The molecule has 0 radical (unpaired) electrons. The highest BCUT2D eigenvalue weighted by Crippen LogP contribution is 2.27. The molecule has 2 aromatic rings. The van der Waals surface area contributed by atoms with E-state index in [1.807, 2.05) is 0 Å². The van der Waals surface area contributed by atoms with Crippen molar-refractivity contribution < 1.29 is 14.5 Å². The van der Waals surface area contributed by atoms with E-state index in [2.05, 4.69) is 21.2 Å². The van der Waals surface area contributed by atoms with Crippen molar-refractivity contribution in [1.82, 2.24) is 0 Å². The minimum Gasteiger partial charge on any atom is -0.410 e. The normalized spacial score (nSPS) is 9.85. The zero-order valence-corrected chi connectivity index (χ0v) is 11.7. The number of hydrogen-bond acceptors (Lipinski definition) is 4. The standard InChI is InChI=1S/C13H9BrN2O4/c14-11-7-6-9(8-12(11)16(18)19)15-13(17)20-10-4-2-1-3-5-10/h1-8H,(H,15,17). The molecule has 0 aliphatic heterocycles. The third kappa shape index (κ3) is 3.55. The predicted octanol–water partition coefficient (Wildman–Crippen LogP) is 3.97. The molecule has 0 aliphatic carbocycles. The van der Waals surface area contributed by atoms with Gasteiger partial charge in [-0.25, -0.2) is 4.79 Å². The van der Waals surface area contributed by atoms with Crippen LogP contribution in [0.15, 0.2) is 53.0 Å². The molecule has 0 spiro atoms. The number of halogens is 1. The highest BCUT2D eigenvalue weighted by molar-refractivity contribution is 9.10. The van der Waals surface area contributed by atoms with Gasteiger partial charge in [0.25, 0.3) is 5.69 Å². The summed E-state index contributed by atoms with van der Waals surface area (Å²) >= 11 is 3.07. The van der Waals surface area contributed by atoms with Gasteiger partial charge in [-0.05, 0) is 40.2 Å². The number of rotatable bonds is 3. The van der Waals surface area contributed by atoms with Gasteiger partial charge < -0.3 is 4.74 Å². The molecule has 2 rings (SSSR count). The van der Waals surface area contributed by atoms with E-state index in [-0.39, 0.29) is 11.4 Å². The lowest BCUT2D eigenvalue weighted by Gasteiger charge is -2.06. The van der Waals surface area contributed by atoms with Gasteiger partial charge in [0, 0.05) is 6.07 Å². The molecule has 0 unspecified atom stereocenters. The van der Waals surface area contributed by atoms with Crippen LogP contribution in [0.4, 0.5) is 16.2 Å². The van der Waals surface area contributed by atoms with E-state index >= 15 is 0 Å². The lowest BCUT2D eigenvalue weighted by atomic mass is 10.3. The first-order valence-electron chi connectivity index (χ1n) is 5.54. The molecule has 0 aromatic heterocycles. The number of nitrogens with zero attached hydrogens (tertiary/aromatic N) is 1. The Morgan fingerprint density at radius 2 is 1.90 bits per heavy atom. The molecule has 2 aromatic carbocycles. The molecule has 0 atom stereocenters. The Morgan fingerprint density at radius 1 is 1.20 bits per heavy atom. The Labute approximate surface area is 122 Å². The van der Waals surface area contributed by atoms with E-state index in [9.17, 15) is 14.9 Å². The Hall–Kier alpha value is -2.41. The van der Waals surface area contributed by atoms with Gasteiger partial charge in [-0.1, -0.05) is 18.2 Å². The summed E-state index contributed by atoms with van der Waals surface area (Å²) in [5.41, 5.74) is 0.142. The van der Waals surface area contributed by atoms with Crippen LogP contribution < -0.4 is 10.1 Å². The number of ether oxygens (including phenoxy) is 1. The molecule has 6 nitrogen and oxygen atoms in total. The van der Waals surface area contributed by atoms with Gasteiger partial charge in [0.15, 0.2) is 0 Å². The van der Waals surface area contributed by atoms with E-state index in [1.54, 1.807) is 30.3 Å². The fraction of sp³-hybridized carbons (Fsp3) is 0. The minimum atomic E-state index is -0.715. The van der Waals surface area contributed by atoms with Gasteiger partial charge >= 0.3 is 6.09 Å². The molecule has 0 aliphatic rings. The Bertz CT molecular complexity index is 646. The quantitative estimate of drug-likeness (QED) is 0.679. The summed E-state index contributed by atoms with van der Waals surface area (Å²) < 4.78 is 5.35. The van der Waals surface area contributed by atoms with Gasteiger partial charge in [-0.15, -0.1) is 0 Å². The van der Waals surface area contributed by atoms with E-state index < -0.39 is 11.0 Å². The van der Waals surface area contributed by atoms with Crippen molar-refractivity contribution in [2.75, 3.05) is 5.32 Å². The third-order valence-corrected chi connectivity index (χ3v) is 3.01. The van der Waals surface area contributed by atoms with Crippen molar-refractivity contribution in [1.29, 1.82) is 0 Å². The maximum atomic E-state index is 11.6. The second-order valence-corrected chi connectivity index (χ2v) is 4.61. The fourth-order valence-electron chi connectivity index (χ4n) is 1.47. The molecule has 0 heterocycles. The van der Waals surface area contributed by atoms with Crippen molar-refractivity contribution in [3.63, 3.8) is 0 Å². The zero-order chi connectivity index (χ0) is 14.5. The summed E-state index contributed by atoms with van der Waals surface area (Å²) in [6, 6.07) is 12.8. The molecule has 20 heavy (non-hydrogen) atoms. The first kappa shape index (κ1) is 14.0. The molecular formula is C13H9BrN2O4. The van der Waals surface area contributed by atoms with E-state index in [0.29, 0.717) is 10.2 Å². The van der Waals surface area contributed by atoms with Gasteiger partial charge in [0.1, 0.15) is 5.75 Å². The molecular weight excluding hydrogens is 328 g/mol. The molecule has 0 fully saturated rings. The molecule has 1 N–H and O–H groups in total. The van der Waals surface area contributed by atoms with Crippen LogP contribution in [0.2, 0.25) is 0 Å². The molecule has 7 heteroatoms. The van der Waals surface area contributed by atoms with Crippen molar-refractivity contribution in [2.45, 2.75) is 0 Å². The number of amides is 1. The van der Waals surface area contributed by atoms with Crippen LogP contribution in [-0.2, 0) is 0 Å². The fourth-order valence-corrected chi connectivity index (χ4v) is 1.86. The largest absolute Gasteiger partial charge is 0.417 e. The lowest BCUT2D eigenvalue weighted by Crippen LogP contribution is -2.16. The van der Waals surface area contributed by atoms with Crippen molar-refractivity contribution in [2.24, 2.45) is 0 Å². The number of anilines is 1. The molecule has 1 amide bonds. The average Bonchev–Trinajstić information content (AvgIpc) is 2.41. The molecule has 0 saturated heterocycles.